The van der Waals surface area contributed by atoms with Gasteiger partial charge in [0.15, 0.2) is 0 Å². The highest BCUT2D eigenvalue weighted by molar-refractivity contribution is 7.09. The molecule has 3 aromatic rings. The number of aromatic amines is 1. The molecule has 3 rings (SSSR count). The first-order valence-corrected chi connectivity index (χ1v) is 9.57. The third kappa shape index (κ3) is 5.03. The molecule has 4 N–H and O–H groups in total. The first-order chi connectivity index (χ1) is 13.8. The second-order valence-electron chi connectivity index (χ2n) is 6.28. The molecular formula is C19H19F3N4O2S. The number of thiazole rings is 1. The van der Waals surface area contributed by atoms with E-state index in [0.29, 0.717) is 28.5 Å². The van der Waals surface area contributed by atoms with Gasteiger partial charge in [-0.05, 0) is 36.9 Å². The highest BCUT2D eigenvalue weighted by atomic mass is 32.1. The van der Waals surface area contributed by atoms with E-state index in [9.17, 15) is 18.0 Å². The predicted molar refractivity (Wildman–Crippen MR) is 103 cm³/mol. The van der Waals surface area contributed by atoms with E-state index in [-0.39, 0.29) is 18.2 Å². The molecule has 6 nitrogen and oxygen atoms in total. The van der Waals surface area contributed by atoms with Crippen molar-refractivity contribution in [2.75, 3.05) is 13.6 Å². The molecule has 10 heteroatoms. The van der Waals surface area contributed by atoms with Crippen LogP contribution in [0.25, 0.3) is 11.3 Å². The molecule has 0 aliphatic heterocycles. The number of nitrogens with zero attached hydrogens (tertiary/aromatic N) is 1. The Morgan fingerprint density at radius 1 is 1.24 bits per heavy atom. The maximum absolute atomic E-state index is 12.7. The van der Waals surface area contributed by atoms with Crippen LogP contribution in [0.2, 0.25) is 0 Å². The van der Waals surface area contributed by atoms with E-state index >= 15 is 0 Å². The molecule has 154 valence electrons. The SMILES string of the molecule is CNC[C@H](NC(=O)c1ccc(-c2ccc(C(F)(F)F)cc2)[nH]1)c1nc(CO)cs1. The number of aromatic nitrogens is 2. The second kappa shape index (κ2) is 8.76. The van der Waals surface area contributed by atoms with Crippen LogP contribution in [0.3, 0.4) is 0 Å². The lowest BCUT2D eigenvalue weighted by Gasteiger charge is -2.15. The number of carbonyl (C=O) groups excluding carboxylic acids is 1. The van der Waals surface area contributed by atoms with Gasteiger partial charge < -0.3 is 20.7 Å². The van der Waals surface area contributed by atoms with Crippen LogP contribution in [0.15, 0.2) is 41.8 Å². The van der Waals surface area contributed by atoms with Gasteiger partial charge in [-0.25, -0.2) is 4.98 Å². The Morgan fingerprint density at radius 2 is 1.97 bits per heavy atom. The van der Waals surface area contributed by atoms with Crippen LogP contribution in [-0.2, 0) is 12.8 Å². The lowest BCUT2D eigenvalue weighted by molar-refractivity contribution is -0.137. The minimum Gasteiger partial charge on any atom is -0.390 e. The van der Waals surface area contributed by atoms with Crippen LogP contribution >= 0.6 is 11.3 Å². The number of aliphatic hydroxyl groups is 1. The molecule has 0 saturated heterocycles. The van der Waals surface area contributed by atoms with Crippen LogP contribution in [0.5, 0.6) is 0 Å². The zero-order chi connectivity index (χ0) is 21.0. The molecule has 0 unspecified atom stereocenters. The number of rotatable bonds is 7. The van der Waals surface area contributed by atoms with E-state index < -0.39 is 17.8 Å². The van der Waals surface area contributed by atoms with Gasteiger partial charge in [0.25, 0.3) is 5.91 Å². The van der Waals surface area contributed by atoms with Crippen molar-refractivity contribution in [2.45, 2.75) is 18.8 Å². The molecule has 0 radical (unpaired) electrons. The average Bonchev–Trinajstić information content (AvgIpc) is 3.37. The minimum atomic E-state index is -4.40. The highest BCUT2D eigenvalue weighted by Crippen LogP contribution is 2.30. The third-order valence-electron chi connectivity index (χ3n) is 4.20. The first-order valence-electron chi connectivity index (χ1n) is 8.69. The first kappa shape index (κ1) is 21.0. The lowest BCUT2D eigenvalue weighted by Crippen LogP contribution is -2.34. The number of benzene rings is 1. The minimum absolute atomic E-state index is 0.177. The highest BCUT2D eigenvalue weighted by Gasteiger charge is 2.30. The van der Waals surface area contributed by atoms with Gasteiger partial charge in [-0.1, -0.05) is 12.1 Å². The van der Waals surface area contributed by atoms with Gasteiger partial charge in [-0.2, -0.15) is 13.2 Å². The number of aliphatic hydroxyl groups excluding tert-OH is 1. The van der Waals surface area contributed by atoms with E-state index in [1.165, 1.54) is 23.5 Å². The van der Waals surface area contributed by atoms with Gasteiger partial charge in [0.1, 0.15) is 10.7 Å². The van der Waals surface area contributed by atoms with Crippen molar-refractivity contribution in [3.05, 3.63) is 63.7 Å². The van der Waals surface area contributed by atoms with Crippen molar-refractivity contribution < 1.29 is 23.1 Å². The molecule has 0 saturated carbocycles. The van der Waals surface area contributed by atoms with Crippen LogP contribution in [0.4, 0.5) is 13.2 Å². The Labute approximate surface area is 168 Å². The van der Waals surface area contributed by atoms with Crippen LogP contribution in [-0.4, -0.2) is 34.6 Å². The maximum atomic E-state index is 12.7. The predicted octanol–water partition coefficient (Wildman–Crippen LogP) is 3.34. The number of H-pyrrole nitrogens is 1. The molecule has 0 bridgehead atoms. The summed E-state index contributed by atoms with van der Waals surface area (Å²) in [4.78, 5) is 19.8. The van der Waals surface area contributed by atoms with Gasteiger partial charge in [0, 0.05) is 17.6 Å². The van der Waals surface area contributed by atoms with Crippen molar-refractivity contribution in [1.82, 2.24) is 20.6 Å². The number of hydrogen-bond acceptors (Lipinski definition) is 5. The average molecular weight is 424 g/mol. The Bertz CT molecular complexity index is 966. The molecule has 0 aliphatic rings. The smallest absolute Gasteiger partial charge is 0.390 e. The van der Waals surface area contributed by atoms with Crippen LogP contribution < -0.4 is 10.6 Å². The number of alkyl halides is 3. The summed E-state index contributed by atoms with van der Waals surface area (Å²) in [5, 5.41) is 17.4. The zero-order valence-corrected chi connectivity index (χ0v) is 16.2. The number of hydrogen-bond donors (Lipinski definition) is 4. The second-order valence-corrected chi connectivity index (χ2v) is 7.17. The van der Waals surface area contributed by atoms with Crippen molar-refractivity contribution >= 4 is 17.2 Å². The summed E-state index contributed by atoms with van der Waals surface area (Å²) in [5.74, 6) is -0.371. The van der Waals surface area contributed by atoms with Crippen molar-refractivity contribution in [3.63, 3.8) is 0 Å². The summed E-state index contributed by atoms with van der Waals surface area (Å²) in [7, 11) is 1.75. The fourth-order valence-corrected chi connectivity index (χ4v) is 3.59. The third-order valence-corrected chi connectivity index (χ3v) is 5.20. The zero-order valence-electron chi connectivity index (χ0n) is 15.4. The van der Waals surface area contributed by atoms with E-state index in [1.54, 1.807) is 24.6 Å². The number of carbonyl (C=O) groups is 1. The van der Waals surface area contributed by atoms with Gasteiger partial charge in [0.05, 0.1) is 23.9 Å². The summed E-state index contributed by atoms with van der Waals surface area (Å²) in [6.45, 7) is 0.264. The molecule has 1 atom stereocenters. The topological polar surface area (TPSA) is 90.0 Å². The van der Waals surface area contributed by atoms with Gasteiger partial charge >= 0.3 is 6.18 Å². The molecule has 1 amide bonds. The summed E-state index contributed by atoms with van der Waals surface area (Å²) in [5.41, 5.74) is 1.15. The molecule has 1 aromatic carbocycles. The lowest BCUT2D eigenvalue weighted by atomic mass is 10.1. The monoisotopic (exact) mass is 424 g/mol. The summed E-state index contributed by atoms with van der Waals surface area (Å²) < 4.78 is 38.1. The number of halogens is 3. The van der Waals surface area contributed by atoms with Gasteiger partial charge in [-0.15, -0.1) is 11.3 Å². The number of likely N-dealkylation sites (N-methyl/N-ethyl adjacent to an activating group) is 1. The molecule has 2 aromatic heterocycles. The van der Waals surface area contributed by atoms with Crippen LogP contribution in [0.1, 0.15) is 32.8 Å². The van der Waals surface area contributed by atoms with Gasteiger partial charge in [-0.3, -0.25) is 4.79 Å². The fraction of sp³-hybridized carbons (Fsp3) is 0.263. The Morgan fingerprint density at radius 3 is 2.55 bits per heavy atom. The van der Waals surface area contributed by atoms with E-state index in [4.69, 9.17) is 5.11 Å². The normalized spacial score (nSPS) is 12.7. The number of nitrogens with one attached hydrogen (secondary N) is 3. The van der Waals surface area contributed by atoms with Crippen molar-refractivity contribution in [3.8, 4) is 11.3 Å². The number of amides is 1. The van der Waals surface area contributed by atoms with Crippen molar-refractivity contribution in [2.24, 2.45) is 0 Å². The Balaban J connectivity index is 1.74. The molecule has 0 spiro atoms. The van der Waals surface area contributed by atoms with E-state index in [2.05, 4.69) is 20.6 Å². The summed E-state index contributed by atoms with van der Waals surface area (Å²) in [6, 6.07) is 7.52. The molecule has 29 heavy (non-hydrogen) atoms. The van der Waals surface area contributed by atoms with Gasteiger partial charge in [0.2, 0.25) is 0 Å². The standard InChI is InChI=1S/C19H19F3N4O2S/c1-23-8-16(18-24-13(9-27)10-29-18)26-17(28)15-7-6-14(25-15)11-2-4-12(5-3-11)19(20,21)22/h2-7,10,16,23,25,27H,8-9H2,1H3,(H,26,28)/t16-/m0/s1. The maximum Gasteiger partial charge on any atom is 0.416 e. The molecular weight excluding hydrogens is 405 g/mol. The van der Waals surface area contributed by atoms with Crippen LogP contribution in [0, 0.1) is 0 Å². The quantitative estimate of drug-likeness (QED) is 0.468. The molecule has 0 fully saturated rings. The Kier molecular flexibility index (Phi) is 6.36. The summed E-state index contributed by atoms with van der Waals surface area (Å²) in [6.07, 6.45) is -4.40. The summed E-state index contributed by atoms with van der Waals surface area (Å²) >= 11 is 1.34. The molecule has 0 aliphatic carbocycles. The van der Waals surface area contributed by atoms with E-state index in [1.807, 2.05) is 0 Å². The van der Waals surface area contributed by atoms with Crippen molar-refractivity contribution in [1.29, 1.82) is 0 Å². The molecule has 2 heterocycles. The fourth-order valence-electron chi connectivity index (χ4n) is 2.73. The largest absolute Gasteiger partial charge is 0.416 e. The van der Waals surface area contributed by atoms with E-state index in [0.717, 1.165) is 12.1 Å². The Hall–Kier alpha value is -2.69.